The number of nitrogens with one attached hydrogen (secondary N) is 1. The molecular weight excluding hydrogens is 310 g/mol. The van der Waals surface area contributed by atoms with E-state index < -0.39 is 0 Å². The van der Waals surface area contributed by atoms with Crippen molar-refractivity contribution in [3.05, 3.63) is 40.1 Å². The van der Waals surface area contributed by atoms with Gasteiger partial charge in [0.05, 0.1) is 12.4 Å². The summed E-state index contributed by atoms with van der Waals surface area (Å²) in [5, 5.41) is 23.0. The molecule has 2 rings (SSSR count). The maximum Gasteiger partial charge on any atom is 0.240 e. The molecule has 0 aromatic carbocycles. The first-order valence-electron chi connectivity index (χ1n) is 7.05. The molecule has 6 nitrogen and oxygen atoms in total. The van der Waals surface area contributed by atoms with Gasteiger partial charge in [0.25, 0.3) is 0 Å². The van der Waals surface area contributed by atoms with E-state index in [1.165, 1.54) is 10.9 Å². The van der Waals surface area contributed by atoms with Crippen LogP contribution in [0, 0.1) is 28.1 Å². The molecule has 23 heavy (non-hydrogen) atoms. The Labute approximate surface area is 139 Å². The van der Waals surface area contributed by atoms with Gasteiger partial charge in [-0.3, -0.25) is 4.79 Å². The number of nitriles is 2. The fraction of sp³-hybridized carbons (Fsp3) is 0.375. The molecule has 0 aliphatic rings. The molecule has 1 amide bonds. The molecule has 2 heterocycles. The van der Waals surface area contributed by atoms with Crippen molar-refractivity contribution in [3.8, 4) is 12.1 Å². The van der Waals surface area contributed by atoms with Crippen LogP contribution in [0.2, 0.25) is 0 Å². The zero-order valence-corrected chi connectivity index (χ0v) is 14.0. The lowest BCUT2D eigenvalue weighted by Gasteiger charge is -2.30. The van der Waals surface area contributed by atoms with Gasteiger partial charge in [0.1, 0.15) is 18.7 Å². The molecule has 1 N–H and O–H groups in total. The van der Waals surface area contributed by atoms with Gasteiger partial charge in [0, 0.05) is 4.88 Å². The topological polar surface area (TPSA) is 94.5 Å². The number of hydrogen-bond donors (Lipinski definition) is 1. The Hall–Kier alpha value is -2.64. The van der Waals surface area contributed by atoms with Gasteiger partial charge < -0.3 is 9.88 Å². The number of amides is 1. The van der Waals surface area contributed by atoms with E-state index in [1.54, 1.807) is 11.3 Å². The van der Waals surface area contributed by atoms with E-state index in [4.69, 9.17) is 10.5 Å². The van der Waals surface area contributed by atoms with Gasteiger partial charge in [-0.1, -0.05) is 26.8 Å². The Morgan fingerprint density at radius 3 is 2.70 bits per heavy atom. The van der Waals surface area contributed by atoms with Gasteiger partial charge in [0.15, 0.2) is 11.4 Å². The minimum atomic E-state index is -0.225. The lowest BCUT2D eigenvalue weighted by molar-refractivity contribution is -0.123. The minimum Gasteiger partial charge on any atom is -0.346 e. The number of imidazole rings is 1. The molecular formula is C16H17N5OS. The lowest BCUT2D eigenvalue weighted by atomic mass is 9.85. The standard InChI is InChI=1S/C16H17N5OS/c1-16(2,3)15(13-5-4-6-23-13)20-14(22)9-21-10-19-11(7-17)12(21)8-18/h4-6,10,15H,9H2,1-3H3,(H,20,22). The summed E-state index contributed by atoms with van der Waals surface area (Å²) in [6.45, 7) is 6.13. The second-order valence-electron chi connectivity index (χ2n) is 6.18. The van der Waals surface area contributed by atoms with Crippen LogP contribution in [-0.4, -0.2) is 15.5 Å². The average Bonchev–Trinajstić information content (AvgIpc) is 3.12. The number of carbonyl (C=O) groups excluding carboxylic acids is 1. The van der Waals surface area contributed by atoms with E-state index in [0.717, 1.165) is 4.88 Å². The van der Waals surface area contributed by atoms with Crippen LogP contribution in [0.3, 0.4) is 0 Å². The number of thiophene rings is 1. The summed E-state index contributed by atoms with van der Waals surface area (Å²) in [6.07, 6.45) is 1.34. The molecule has 0 aliphatic heterocycles. The molecule has 2 aromatic heterocycles. The number of rotatable bonds is 4. The van der Waals surface area contributed by atoms with Crippen molar-refractivity contribution in [1.29, 1.82) is 10.5 Å². The third-order valence-corrected chi connectivity index (χ3v) is 4.30. The monoisotopic (exact) mass is 327 g/mol. The van der Waals surface area contributed by atoms with Crippen molar-refractivity contribution in [2.75, 3.05) is 0 Å². The van der Waals surface area contributed by atoms with Crippen LogP contribution in [0.5, 0.6) is 0 Å². The first-order valence-corrected chi connectivity index (χ1v) is 7.93. The summed E-state index contributed by atoms with van der Waals surface area (Å²) in [4.78, 5) is 17.3. The van der Waals surface area contributed by atoms with E-state index in [1.807, 2.05) is 29.7 Å². The van der Waals surface area contributed by atoms with E-state index in [2.05, 4.69) is 31.1 Å². The molecule has 1 atom stereocenters. The molecule has 118 valence electrons. The van der Waals surface area contributed by atoms with Crippen LogP contribution in [0.4, 0.5) is 0 Å². The van der Waals surface area contributed by atoms with Gasteiger partial charge in [-0.05, 0) is 16.9 Å². The summed E-state index contributed by atoms with van der Waals surface area (Å²) in [6, 6.07) is 7.57. The van der Waals surface area contributed by atoms with Gasteiger partial charge in [-0.15, -0.1) is 11.3 Å². The largest absolute Gasteiger partial charge is 0.346 e. The highest BCUT2D eigenvalue weighted by Gasteiger charge is 2.28. The highest BCUT2D eigenvalue weighted by atomic mass is 32.1. The van der Waals surface area contributed by atoms with Crippen molar-refractivity contribution in [2.45, 2.75) is 33.4 Å². The Balaban J connectivity index is 2.17. The average molecular weight is 327 g/mol. The minimum absolute atomic E-state index is 0.0333. The van der Waals surface area contributed by atoms with Crippen molar-refractivity contribution < 1.29 is 4.79 Å². The van der Waals surface area contributed by atoms with Crippen molar-refractivity contribution in [3.63, 3.8) is 0 Å². The summed E-state index contributed by atoms with van der Waals surface area (Å²) < 4.78 is 1.39. The Kier molecular flexibility index (Phi) is 4.83. The predicted molar refractivity (Wildman–Crippen MR) is 86.3 cm³/mol. The van der Waals surface area contributed by atoms with Crippen LogP contribution in [0.1, 0.15) is 43.1 Å². The molecule has 7 heteroatoms. The van der Waals surface area contributed by atoms with Gasteiger partial charge in [-0.25, -0.2) is 4.98 Å². The van der Waals surface area contributed by atoms with Gasteiger partial charge in [0.2, 0.25) is 5.91 Å². The molecule has 0 saturated heterocycles. The Morgan fingerprint density at radius 1 is 1.43 bits per heavy atom. The summed E-state index contributed by atoms with van der Waals surface area (Å²) in [5.74, 6) is -0.225. The third kappa shape index (κ3) is 3.77. The van der Waals surface area contributed by atoms with Crippen LogP contribution >= 0.6 is 11.3 Å². The van der Waals surface area contributed by atoms with Gasteiger partial charge >= 0.3 is 0 Å². The highest BCUT2D eigenvalue weighted by molar-refractivity contribution is 7.10. The molecule has 0 radical (unpaired) electrons. The number of carbonyl (C=O) groups is 1. The zero-order valence-electron chi connectivity index (χ0n) is 13.2. The highest BCUT2D eigenvalue weighted by Crippen LogP contribution is 2.35. The quantitative estimate of drug-likeness (QED) is 0.933. The second-order valence-corrected chi connectivity index (χ2v) is 7.15. The molecule has 0 bridgehead atoms. The number of nitrogens with zero attached hydrogens (tertiary/aromatic N) is 4. The molecule has 0 spiro atoms. The first kappa shape index (κ1) is 16.7. The van der Waals surface area contributed by atoms with E-state index in [0.29, 0.717) is 0 Å². The van der Waals surface area contributed by atoms with Crippen LogP contribution in [0.15, 0.2) is 23.8 Å². The normalized spacial score (nSPS) is 12.2. The van der Waals surface area contributed by atoms with E-state index >= 15 is 0 Å². The SMILES string of the molecule is CC(C)(C)C(NC(=O)Cn1cnc(C#N)c1C#N)c1cccs1. The lowest BCUT2D eigenvalue weighted by Crippen LogP contribution is -2.38. The second kappa shape index (κ2) is 6.64. The zero-order chi connectivity index (χ0) is 17.0. The van der Waals surface area contributed by atoms with E-state index in [9.17, 15) is 4.79 Å². The molecule has 1 unspecified atom stereocenters. The van der Waals surface area contributed by atoms with Crippen LogP contribution in [-0.2, 0) is 11.3 Å². The summed E-state index contributed by atoms with van der Waals surface area (Å²) in [5.41, 5.74) is -0.0114. The van der Waals surface area contributed by atoms with Crippen LogP contribution < -0.4 is 5.32 Å². The van der Waals surface area contributed by atoms with Crippen LogP contribution in [0.25, 0.3) is 0 Å². The maximum absolute atomic E-state index is 12.4. The molecule has 0 saturated carbocycles. The molecule has 0 aliphatic carbocycles. The van der Waals surface area contributed by atoms with E-state index in [-0.39, 0.29) is 35.3 Å². The molecule has 0 fully saturated rings. The fourth-order valence-corrected chi connectivity index (χ4v) is 3.25. The van der Waals surface area contributed by atoms with Gasteiger partial charge in [-0.2, -0.15) is 10.5 Å². The van der Waals surface area contributed by atoms with Crippen molar-refractivity contribution in [1.82, 2.24) is 14.9 Å². The smallest absolute Gasteiger partial charge is 0.240 e. The predicted octanol–water partition coefficient (Wildman–Crippen LogP) is 2.59. The third-order valence-electron chi connectivity index (χ3n) is 3.36. The summed E-state index contributed by atoms with van der Waals surface area (Å²) >= 11 is 1.59. The fourth-order valence-electron chi connectivity index (χ4n) is 2.23. The van der Waals surface area contributed by atoms with Crippen molar-refractivity contribution >= 4 is 17.2 Å². The number of aromatic nitrogens is 2. The Morgan fingerprint density at radius 2 is 2.17 bits per heavy atom. The Bertz CT molecular complexity index is 771. The number of hydrogen-bond acceptors (Lipinski definition) is 5. The first-order chi connectivity index (χ1) is 10.9. The molecule has 2 aromatic rings. The summed E-state index contributed by atoms with van der Waals surface area (Å²) in [7, 11) is 0. The maximum atomic E-state index is 12.4. The van der Waals surface area contributed by atoms with Crippen molar-refractivity contribution in [2.24, 2.45) is 5.41 Å².